The molecule has 2 heterocycles. The number of halogens is 3. The highest BCUT2D eigenvalue weighted by Crippen LogP contribution is 2.36. The second-order valence-electron chi connectivity index (χ2n) is 6.42. The van der Waals surface area contributed by atoms with E-state index in [1.54, 1.807) is 35.2 Å². The highest BCUT2D eigenvalue weighted by atomic mass is 19.4. The van der Waals surface area contributed by atoms with Gasteiger partial charge in [0.25, 0.3) is 0 Å². The maximum absolute atomic E-state index is 13.4. The van der Waals surface area contributed by atoms with Crippen LogP contribution in [0.25, 0.3) is 11.1 Å². The first-order chi connectivity index (χ1) is 13.2. The smallest absolute Gasteiger partial charge is 0.386 e. The Morgan fingerprint density at radius 2 is 1.61 bits per heavy atom. The van der Waals surface area contributed by atoms with Gasteiger partial charge in [0, 0.05) is 18.7 Å². The van der Waals surface area contributed by atoms with Crippen LogP contribution in [-0.2, 0) is 6.18 Å². The van der Waals surface area contributed by atoms with Gasteiger partial charge in [-0.1, -0.05) is 30.3 Å². The van der Waals surface area contributed by atoms with E-state index in [9.17, 15) is 13.2 Å². The summed E-state index contributed by atoms with van der Waals surface area (Å²) in [7, 11) is 0. The fraction of sp³-hybridized carbons (Fsp3) is 0.294. The van der Waals surface area contributed by atoms with Gasteiger partial charge in [-0.15, -0.1) is 10.2 Å². The SMILES string of the molecule is N=C(N)C1CN(c2cc(-c3ccccc3)c(C(F)(F)F)nn2)CC(C(=N)N)N1. The maximum Gasteiger partial charge on any atom is 0.435 e. The molecule has 1 saturated heterocycles. The summed E-state index contributed by atoms with van der Waals surface area (Å²) in [4.78, 5) is 1.62. The molecule has 1 aromatic heterocycles. The summed E-state index contributed by atoms with van der Waals surface area (Å²) in [6, 6.07) is 8.17. The van der Waals surface area contributed by atoms with E-state index in [-0.39, 0.29) is 36.1 Å². The molecule has 0 radical (unpaired) electrons. The van der Waals surface area contributed by atoms with E-state index in [1.807, 2.05) is 0 Å². The zero-order valence-electron chi connectivity index (χ0n) is 14.7. The average Bonchev–Trinajstić information content (AvgIpc) is 2.67. The third-order valence-corrected chi connectivity index (χ3v) is 4.42. The van der Waals surface area contributed by atoms with Crippen molar-refractivity contribution < 1.29 is 13.2 Å². The van der Waals surface area contributed by atoms with Crippen molar-refractivity contribution in [3.63, 3.8) is 0 Å². The lowest BCUT2D eigenvalue weighted by Gasteiger charge is -2.38. The van der Waals surface area contributed by atoms with Crippen molar-refractivity contribution in [1.82, 2.24) is 15.5 Å². The number of nitrogens with zero attached hydrogens (tertiary/aromatic N) is 3. The first-order valence-corrected chi connectivity index (χ1v) is 8.36. The number of amidine groups is 2. The molecule has 28 heavy (non-hydrogen) atoms. The summed E-state index contributed by atoms with van der Waals surface area (Å²) < 4.78 is 40.3. The molecule has 2 unspecified atom stereocenters. The van der Waals surface area contributed by atoms with E-state index < -0.39 is 24.0 Å². The van der Waals surface area contributed by atoms with Crippen molar-refractivity contribution in [2.75, 3.05) is 18.0 Å². The third-order valence-electron chi connectivity index (χ3n) is 4.42. The lowest BCUT2D eigenvalue weighted by atomic mass is 10.0. The third kappa shape index (κ3) is 4.03. The normalized spacial score (nSPS) is 20.0. The van der Waals surface area contributed by atoms with Crippen LogP contribution in [0.5, 0.6) is 0 Å². The predicted octanol–water partition coefficient (Wildman–Crippen LogP) is 1.18. The minimum atomic E-state index is -4.66. The van der Waals surface area contributed by atoms with Gasteiger partial charge in [0.2, 0.25) is 0 Å². The molecule has 7 N–H and O–H groups in total. The first kappa shape index (κ1) is 19.5. The van der Waals surface area contributed by atoms with Gasteiger partial charge in [-0.05, 0) is 11.6 Å². The molecular weight excluding hydrogens is 373 g/mol. The molecule has 1 aliphatic rings. The molecule has 1 aliphatic heterocycles. The summed E-state index contributed by atoms with van der Waals surface area (Å²) >= 11 is 0. The molecule has 11 heteroatoms. The highest BCUT2D eigenvalue weighted by molar-refractivity contribution is 5.88. The molecule has 0 amide bonds. The number of hydrogen-bond donors (Lipinski definition) is 5. The number of nitrogens with two attached hydrogens (primary N) is 2. The van der Waals surface area contributed by atoms with E-state index in [4.69, 9.17) is 22.3 Å². The number of nitrogens with one attached hydrogen (secondary N) is 3. The van der Waals surface area contributed by atoms with Gasteiger partial charge in [-0.25, -0.2) is 0 Å². The minimum absolute atomic E-state index is 0.101. The van der Waals surface area contributed by atoms with Crippen molar-refractivity contribution >= 4 is 17.5 Å². The van der Waals surface area contributed by atoms with Gasteiger partial charge < -0.3 is 16.4 Å². The summed E-state index contributed by atoms with van der Waals surface area (Å²) in [5.41, 5.74) is 10.3. The maximum atomic E-state index is 13.4. The van der Waals surface area contributed by atoms with Gasteiger partial charge in [0.1, 0.15) is 11.7 Å². The van der Waals surface area contributed by atoms with Gasteiger partial charge in [-0.3, -0.25) is 16.1 Å². The van der Waals surface area contributed by atoms with Crippen LogP contribution < -0.4 is 21.7 Å². The lowest BCUT2D eigenvalue weighted by molar-refractivity contribution is -0.141. The van der Waals surface area contributed by atoms with E-state index in [1.165, 1.54) is 6.07 Å². The Morgan fingerprint density at radius 3 is 2.11 bits per heavy atom. The highest BCUT2D eigenvalue weighted by Gasteiger charge is 2.38. The van der Waals surface area contributed by atoms with Crippen molar-refractivity contribution in [1.29, 1.82) is 10.8 Å². The number of benzene rings is 1. The molecule has 0 saturated carbocycles. The van der Waals surface area contributed by atoms with Crippen molar-refractivity contribution in [3.05, 3.63) is 42.1 Å². The van der Waals surface area contributed by atoms with Crippen LogP contribution in [0.1, 0.15) is 5.69 Å². The molecule has 148 valence electrons. The van der Waals surface area contributed by atoms with E-state index in [0.29, 0.717) is 5.56 Å². The van der Waals surface area contributed by atoms with Crippen LogP contribution >= 0.6 is 0 Å². The predicted molar refractivity (Wildman–Crippen MR) is 99.2 cm³/mol. The Labute approximate surface area is 158 Å². The van der Waals surface area contributed by atoms with Crippen LogP contribution in [0.3, 0.4) is 0 Å². The summed E-state index contributed by atoms with van der Waals surface area (Å²) in [5, 5.41) is 25.5. The van der Waals surface area contributed by atoms with Crippen LogP contribution in [0.15, 0.2) is 36.4 Å². The monoisotopic (exact) mass is 392 g/mol. The molecule has 0 aliphatic carbocycles. The number of piperazine rings is 1. The first-order valence-electron chi connectivity index (χ1n) is 8.36. The fourth-order valence-corrected chi connectivity index (χ4v) is 3.01. The van der Waals surface area contributed by atoms with Gasteiger partial charge >= 0.3 is 6.18 Å². The molecule has 0 bridgehead atoms. The number of aromatic nitrogens is 2. The van der Waals surface area contributed by atoms with Crippen LogP contribution in [0.2, 0.25) is 0 Å². The molecule has 8 nitrogen and oxygen atoms in total. The number of anilines is 1. The molecular formula is C17H19F3N8. The average molecular weight is 392 g/mol. The fourth-order valence-electron chi connectivity index (χ4n) is 3.01. The van der Waals surface area contributed by atoms with Crippen LogP contribution in [-0.4, -0.2) is 47.0 Å². The number of rotatable bonds is 4. The molecule has 0 spiro atoms. The molecule has 2 aromatic rings. The van der Waals surface area contributed by atoms with E-state index >= 15 is 0 Å². The Kier molecular flexibility index (Phi) is 5.18. The Hall–Kier alpha value is -3.21. The zero-order chi connectivity index (χ0) is 20.5. The molecule has 1 fully saturated rings. The quantitative estimate of drug-likeness (QED) is 0.391. The van der Waals surface area contributed by atoms with Crippen LogP contribution in [0, 0.1) is 10.8 Å². The standard InChI is InChI=1S/C17H19F3N8/c18-17(19,20)14-10(9-4-2-1-3-5-9)6-13(26-27-14)28-7-11(15(21)22)25-12(8-28)16(23)24/h1-6,11-12,25H,7-8H2,(H3,21,22)(H3,23,24). The molecule has 3 rings (SSSR count). The summed E-state index contributed by atoms with van der Waals surface area (Å²) in [5.74, 6) is -0.149. The van der Waals surface area contributed by atoms with Gasteiger partial charge in [0.15, 0.2) is 11.5 Å². The van der Waals surface area contributed by atoms with E-state index in [0.717, 1.165) is 0 Å². The summed E-state index contributed by atoms with van der Waals surface area (Å²) in [6.45, 7) is 0.376. The summed E-state index contributed by atoms with van der Waals surface area (Å²) in [6.07, 6.45) is -4.66. The zero-order valence-corrected chi connectivity index (χ0v) is 14.7. The molecule has 1 aromatic carbocycles. The Bertz CT molecular complexity index is 862. The lowest BCUT2D eigenvalue weighted by Crippen LogP contribution is -2.64. The Morgan fingerprint density at radius 1 is 1.04 bits per heavy atom. The topological polar surface area (TPSA) is 141 Å². The van der Waals surface area contributed by atoms with Crippen LogP contribution in [0.4, 0.5) is 19.0 Å². The van der Waals surface area contributed by atoms with Gasteiger partial charge in [0.05, 0.1) is 12.1 Å². The number of hydrogen-bond acceptors (Lipinski definition) is 6. The Balaban J connectivity index is 2.04. The van der Waals surface area contributed by atoms with Crippen molar-refractivity contribution in [3.8, 4) is 11.1 Å². The minimum Gasteiger partial charge on any atom is -0.386 e. The second kappa shape index (κ2) is 7.43. The van der Waals surface area contributed by atoms with E-state index in [2.05, 4.69) is 15.5 Å². The largest absolute Gasteiger partial charge is 0.435 e. The van der Waals surface area contributed by atoms with Crippen molar-refractivity contribution in [2.45, 2.75) is 18.3 Å². The second-order valence-corrected chi connectivity index (χ2v) is 6.42. The molecule has 2 atom stereocenters. The number of alkyl halides is 3. The van der Waals surface area contributed by atoms with Gasteiger partial charge in [-0.2, -0.15) is 13.2 Å². The van der Waals surface area contributed by atoms with Crippen molar-refractivity contribution in [2.24, 2.45) is 11.5 Å².